The van der Waals surface area contributed by atoms with Crippen LogP contribution in [0, 0.1) is 0 Å². The van der Waals surface area contributed by atoms with Crippen molar-refractivity contribution in [3.8, 4) is 0 Å². The van der Waals surface area contributed by atoms with Crippen molar-refractivity contribution in [1.29, 1.82) is 0 Å². The van der Waals surface area contributed by atoms with Crippen LogP contribution in [0.15, 0.2) is 0 Å². The summed E-state index contributed by atoms with van der Waals surface area (Å²) in [5.74, 6) is -0.619. The number of unbranched alkanes of at least 4 members (excludes halogenated alkanes) is 55. The second-order valence-corrected chi connectivity index (χ2v) is 22.6. The number of hydrogen-bond donors (Lipinski definition) is 1. The predicted molar refractivity (Wildman–Crippen MR) is 313 cm³/mol. The SMILES string of the molecule is CCCCCCCCCCCCCCCCCCCCCC(=O)O.CCCCCCCCCCCCCCCCCCCCCCOC(=O)CCCCCCCCCCCCCCCCCCCCC. The zero-order valence-electron chi connectivity index (χ0n) is 48.8. The van der Waals surface area contributed by atoms with Gasteiger partial charge in [0, 0.05) is 12.8 Å². The van der Waals surface area contributed by atoms with Crippen molar-refractivity contribution < 1.29 is 19.4 Å². The number of aliphatic carboxylic acids is 1. The first-order chi connectivity index (χ1) is 34.6. The molecule has 0 saturated heterocycles. The Morgan fingerprint density at radius 2 is 0.386 bits per heavy atom. The monoisotopic (exact) mass is 989 g/mol. The number of carboxylic acid groups (broad SMARTS) is 1. The fourth-order valence-corrected chi connectivity index (χ4v) is 10.3. The summed E-state index contributed by atoms with van der Waals surface area (Å²) in [5.41, 5.74) is 0. The summed E-state index contributed by atoms with van der Waals surface area (Å²) in [5, 5.41) is 8.56. The van der Waals surface area contributed by atoms with Gasteiger partial charge in [-0.1, -0.05) is 374 Å². The van der Waals surface area contributed by atoms with E-state index in [0.29, 0.717) is 19.4 Å². The molecule has 0 atom stereocenters. The standard InChI is InChI=1S/C44H88O2.C22H44O2/c1-3-5-7-9-11-13-15-17-19-21-23-25-27-29-31-33-35-37-39-41-43-46-44(45)42-40-38-36-34-32-30-28-26-24-22-20-18-16-14-12-10-8-6-4-2;1-2-3-4-5-6-7-8-9-10-11-12-13-14-15-16-17-18-19-20-21-22(23)24/h3-43H2,1-2H3;2-21H2,1H3,(H,23,24). The molecule has 0 rings (SSSR count). The summed E-state index contributed by atoms with van der Waals surface area (Å²) in [6.07, 6.45) is 81.0. The van der Waals surface area contributed by atoms with Crippen LogP contribution in [0.2, 0.25) is 0 Å². The molecule has 0 aromatic heterocycles. The van der Waals surface area contributed by atoms with E-state index in [-0.39, 0.29) is 5.97 Å². The molecule has 0 spiro atoms. The molecule has 0 heterocycles. The number of esters is 1. The quantitative estimate of drug-likeness (QED) is 0.0487. The van der Waals surface area contributed by atoms with Gasteiger partial charge in [-0.3, -0.25) is 9.59 Å². The van der Waals surface area contributed by atoms with E-state index in [1.807, 2.05) is 0 Å². The molecule has 0 aromatic carbocycles. The summed E-state index contributed by atoms with van der Waals surface area (Å²) in [6, 6.07) is 0. The van der Waals surface area contributed by atoms with Crippen LogP contribution >= 0.6 is 0 Å². The number of carbonyl (C=O) groups excluding carboxylic acids is 1. The second kappa shape index (κ2) is 67.9. The van der Waals surface area contributed by atoms with Gasteiger partial charge in [0.05, 0.1) is 6.61 Å². The molecule has 0 fully saturated rings. The molecule has 0 radical (unpaired) electrons. The highest BCUT2D eigenvalue weighted by atomic mass is 16.5. The molecule has 70 heavy (non-hydrogen) atoms. The van der Waals surface area contributed by atoms with E-state index in [2.05, 4.69) is 20.8 Å². The van der Waals surface area contributed by atoms with Crippen molar-refractivity contribution in [2.45, 2.75) is 406 Å². The Morgan fingerprint density at radius 1 is 0.229 bits per heavy atom. The van der Waals surface area contributed by atoms with Gasteiger partial charge in [-0.2, -0.15) is 0 Å². The third kappa shape index (κ3) is 71.2. The molecule has 1 N–H and O–H groups in total. The average Bonchev–Trinajstić information content (AvgIpc) is 3.36. The van der Waals surface area contributed by atoms with Gasteiger partial charge in [-0.15, -0.1) is 0 Å². The van der Waals surface area contributed by atoms with Crippen molar-refractivity contribution in [3.63, 3.8) is 0 Å². The highest BCUT2D eigenvalue weighted by molar-refractivity contribution is 5.69. The number of carbonyl (C=O) groups is 2. The average molecular weight is 990 g/mol. The van der Waals surface area contributed by atoms with E-state index in [4.69, 9.17) is 9.84 Å². The van der Waals surface area contributed by atoms with Gasteiger partial charge in [0.2, 0.25) is 0 Å². The van der Waals surface area contributed by atoms with E-state index >= 15 is 0 Å². The van der Waals surface area contributed by atoms with E-state index in [1.165, 1.54) is 347 Å². The van der Waals surface area contributed by atoms with Crippen molar-refractivity contribution in [3.05, 3.63) is 0 Å². The maximum absolute atomic E-state index is 12.0. The first-order valence-corrected chi connectivity index (χ1v) is 33.0. The predicted octanol–water partition coefficient (Wildman–Crippen LogP) is 24.1. The number of ether oxygens (including phenoxy) is 1. The van der Waals surface area contributed by atoms with Crippen molar-refractivity contribution in [2.75, 3.05) is 6.61 Å². The van der Waals surface area contributed by atoms with Crippen molar-refractivity contribution >= 4 is 11.9 Å². The summed E-state index contributed by atoms with van der Waals surface area (Å²) >= 11 is 0. The van der Waals surface area contributed by atoms with E-state index in [0.717, 1.165) is 25.7 Å². The molecular formula is C66H132O4. The zero-order valence-corrected chi connectivity index (χ0v) is 48.8. The molecule has 420 valence electrons. The lowest BCUT2D eigenvalue weighted by Crippen LogP contribution is -2.05. The van der Waals surface area contributed by atoms with Crippen LogP contribution in [0.1, 0.15) is 406 Å². The fraction of sp³-hybridized carbons (Fsp3) is 0.970. The molecule has 0 amide bonds. The van der Waals surface area contributed by atoms with Crippen LogP contribution in [0.4, 0.5) is 0 Å². The van der Waals surface area contributed by atoms with Crippen LogP contribution in [0.5, 0.6) is 0 Å². The van der Waals surface area contributed by atoms with E-state index in [9.17, 15) is 9.59 Å². The Kier molecular flexibility index (Phi) is 68.9. The van der Waals surface area contributed by atoms with E-state index in [1.54, 1.807) is 0 Å². The summed E-state index contributed by atoms with van der Waals surface area (Å²) in [7, 11) is 0. The lowest BCUT2D eigenvalue weighted by molar-refractivity contribution is -0.144. The molecule has 4 heteroatoms. The molecule has 0 aliphatic carbocycles. The van der Waals surface area contributed by atoms with Gasteiger partial charge < -0.3 is 9.84 Å². The van der Waals surface area contributed by atoms with Crippen molar-refractivity contribution in [1.82, 2.24) is 0 Å². The Hall–Kier alpha value is -1.06. The number of carboxylic acids is 1. The molecule has 0 aromatic rings. The fourth-order valence-electron chi connectivity index (χ4n) is 10.3. The first-order valence-electron chi connectivity index (χ1n) is 33.0. The Labute approximate surface area is 442 Å². The highest BCUT2D eigenvalue weighted by Crippen LogP contribution is 2.19. The lowest BCUT2D eigenvalue weighted by atomic mass is 10.0. The van der Waals surface area contributed by atoms with Crippen LogP contribution in [0.25, 0.3) is 0 Å². The largest absolute Gasteiger partial charge is 0.481 e. The zero-order chi connectivity index (χ0) is 51.0. The van der Waals surface area contributed by atoms with Crippen LogP contribution in [-0.2, 0) is 14.3 Å². The molecular weight excluding hydrogens is 857 g/mol. The molecule has 0 aliphatic rings. The van der Waals surface area contributed by atoms with Gasteiger partial charge >= 0.3 is 11.9 Å². The normalized spacial score (nSPS) is 11.3. The second-order valence-electron chi connectivity index (χ2n) is 22.6. The molecule has 0 aliphatic heterocycles. The summed E-state index contributed by atoms with van der Waals surface area (Å²) in [4.78, 5) is 22.4. The van der Waals surface area contributed by atoms with Crippen LogP contribution in [-0.4, -0.2) is 23.7 Å². The Balaban J connectivity index is 0. The van der Waals surface area contributed by atoms with Crippen molar-refractivity contribution in [2.24, 2.45) is 0 Å². The summed E-state index contributed by atoms with van der Waals surface area (Å²) in [6.45, 7) is 7.52. The minimum Gasteiger partial charge on any atom is -0.481 e. The van der Waals surface area contributed by atoms with Gasteiger partial charge in [-0.25, -0.2) is 0 Å². The topological polar surface area (TPSA) is 63.6 Å². The van der Waals surface area contributed by atoms with E-state index < -0.39 is 5.97 Å². The minimum atomic E-state index is -0.651. The highest BCUT2D eigenvalue weighted by Gasteiger charge is 2.04. The molecule has 0 bridgehead atoms. The molecule has 4 nitrogen and oxygen atoms in total. The van der Waals surface area contributed by atoms with Gasteiger partial charge in [0.15, 0.2) is 0 Å². The maximum Gasteiger partial charge on any atom is 0.305 e. The first kappa shape index (κ1) is 71.0. The molecule has 0 unspecified atom stereocenters. The van der Waals surface area contributed by atoms with Gasteiger partial charge in [-0.05, 0) is 19.3 Å². The minimum absolute atomic E-state index is 0.0322. The third-order valence-electron chi connectivity index (χ3n) is 15.2. The van der Waals surface area contributed by atoms with Crippen LogP contribution in [0.3, 0.4) is 0 Å². The maximum atomic E-state index is 12.0. The summed E-state index contributed by atoms with van der Waals surface area (Å²) < 4.78 is 5.48. The third-order valence-corrected chi connectivity index (χ3v) is 15.2. The number of hydrogen-bond acceptors (Lipinski definition) is 3. The van der Waals surface area contributed by atoms with Gasteiger partial charge in [0.1, 0.15) is 0 Å². The molecule has 0 saturated carbocycles. The Morgan fingerprint density at radius 3 is 0.571 bits per heavy atom. The lowest BCUT2D eigenvalue weighted by Gasteiger charge is -2.06. The smallest absolute Gasteiger partial charge is 0.305 e. The van der Waals surface area contributed by atoms with Gasteiger partial charge in [0.25, 0.3) is 0 Å². The number of rotatable bonds is 61. The Bertz CT molecular complexity index is 933. The van der Waals surface area contributed by atoms with Crippen LogP contribution < -0.4 is 0 Å².